The maximum absolute atomic E-state index is 4.16. The van der Waals surface area contributed by atoms with Crippen molar-refractivity contribution in [3.8, 4) is 0 Å². The van der Waals surface area contributed by atoms with Crippen molar-refractivity contribution in [2.24, 2.45) is 0 Å². The minimum atomic E-state index is 1.08. The van der Waals surface area contributed by atoms with Gasteiger partial charge in [-0.05, 0) is 44.2 Å². The zero-order valence-electron chi connectivity index (χ0n) is 9.28. The fourth-order valence-electron chi connectivity index (χ4n) is 1.19. The van der Waals surface area contributed by atoms with E-state index in [0.717, 1.165) is 23.9 Å². The molecule has 0 aliphatic rings. The molecule has 0 aromatic carbocycles. The topological polar surface area (TPSA) is 37.8 Å². The Morgan fingerprint density at radius 2 is 2.27 bits per heavy atom. The number of nitrogens with one attached hydrogen (secondary N) is 1. The van der Waals surface area contributed by atoms with E-state index in [0.29, 0.717) is 0 Å². The molecule has 1 N–H and O–H groups in total. The van der Waals surface area contributed by atoms with Crippen LogP contribution in [0, 0.1) is 0 Å². The molecule has 0 aliphatic carbocycles. The molecule has 0 spiro atoms. The lowest BCUT2D eigenvalue weighted by Gasteiger charge is -2.02. The summed E-state index contributed by atoms with van der Waals surface area (Å²) in [5.74, 6) is 1.14. The summed E-state index contributed by atoms with van der Waals surface area (Å²) in [7, 11) is 0. The van der Waals surface area contributed by atoms with Crippen molar-refractivity contribution in [1.82, 2.24) is 15.3 Å². The predicted molar refractivity (Wildman–Crippen MR) is 65.2 cm³/mol. The van der Waals surface area contributed by atoms with Crippen LogP contribution in [-0.4, -0.2) is 28.8 Å². The third-order valence-electron chi connectivity index (χ3n) is 1.98. The summed E-state index contributed by atoms with van der Waals surface area (Å²) >= 11 is 1.81. The number of rotatable bonds is 8. The second kappa shape index (κ2) is 8.68. The number of aromatic nitrogens is 2. The second-order valence-electron chi connectivity index (χ2n) is 3.35. The lowest BCUT2D eigenvalue weighted by Crippen LogP contribution is -2.15. The summed E-state index contributed by atoms with van der Waals surface area (Å²) in [4.78, 5) is 8.05. The summed E-state index contributed by atoms with van der Waals surface area (Å²) < 4.78 is 0. The number of nitrogens with zero attached hydrogens (tertiary/aromatic N) is 2. The standard InChI is InChI=1S/C11H19N3S/c1-2-6-12-7-3-4-9-15-11-5-8-13-10-14-11/h5,8,10,12H,2-4,6-7,9H2,1H3. The fraction of sp³-hybridized carbons (Fsp3) is 0.636. The number of thioether (sulfide) groups is 1. The van der Waals surface area contributed by atoms with Crippen LogP contribution < -0.4 is 5.32 Å². The smallest absolute Gasteiger partial charge is 0.116 e. The Morgan fingerprint density at radius 3 is 3.00 bits per heavy atom. The van der Waals surface area contributed by atoms with Crippen molar-refractivity contribution < 1.29 is 0 Å². The van der Waals surface area contributed by atoms with Gasteiger partial charge in [-0.15, -0.1) is 11.8 Å². The largest absolute Gasteiger partial charge is 0.317 e. The summed E-state index contributed by atoms with van der Waals surface area (Å²) in [5, 5.41) is 4.47. The van der Waals surface area contributed by atoms with Gasteiger partial charge < -0.3 is 5.32 Å². The van der Waals surface area contributed by atoms with Crippen LogP contribution in [-0.2, 0) is 0 Å². The molecule has 84 valence electrons. The molecule has 0 aliphatic heterocycles. The average molecular weight is 225 g/mol. The first-order chi connectivity index (χ1) is 7.43. The highest BCUT2D eigenvalue weighted by molar-refractivity contribution is 7.99. The Labute approximate surface area is 96.1 Å². The van der Waals surface area contributed by atoms with E-state index in [4.69, 9.17) is 0 Å². The number of unbranched alkanes of at least 4 members (excludes halogenated alkanes) is 1. The third kappa shape index (κ3) is 6.47. The Bertz CT molecular complexity index is 241. The van der Waals surface area contributed by atoms with E-state index in [-0.39, 0.29) is 0 Å². The normalized spacial score (nSPS) is 10.5. The van der Waals surface area contributed by atoms with Gasteiger partial charge in [-0.2, -0.15) is 0 Å². The van der Waals surface area contributed by atoms with Gasteiger partial charge in [-0.1, -0.05) is 6.92 Å². The van der Waals surface area contributed by atoms with Gasteiger partial charge in [-0.25, -0.2) is 9.97 Å². The van der Waals surface area contributed by atoms with E-state index in [2.05, 4.69) is 22.2 Å². The molecule has 4 heteroatoms. The quantitative estimate of drug-likeness (QED) is 0.419. The molecule has 0 radical (unpaired) electrons. The molecule has 3 nitrogen and oxygen atoms in total. The van der Waals surface area contributed by atoms with Crippen molar-refractivity contribution in [2.75, 3.05) is 18.8 Å². The molecule has 0 fully saturated rings. The Hall–Kier alpha value is -0.610. The number of hydrogen-bond acceptors (Lipinski definition) is 4. The van der Waals surface area contributed by atoms with Crippen LogP contribution in [0.5, 0.6) is 0 Å². The van der Waals surface area contributed by atoms with Crippen LogP contribution in [0.1, 0.15) is 26.2 Å². The van der Waals surface area contributed by atoms with Crippen LogP contribution in [0.3, 0.4) is 0 Å². The van der Waals surface area contributed by atoms with Gasteiger partial charge >= 0.3 is 0 Å². The minimum Gasteiger partial charge on any atom is -0.317 e. The van der Waals surface area contributed by atoms with E-state index >= 15 is 0 Å². The van der Waals surface area contributed by atoms with Crippen molar-refractivity contribution >= 4 is 11.8 Å². The highest BCUT2D eigenvalue weighted by Crippen LogP contribution is 2.14. The van der Waals surface area contributed by atoms with E-state index < -0.39 is 0 Å². The zero-order valence-corrected chi connectivity index (χ0v) is 10.1. The zero-order chi connectivity index (χ0) is 10.8. The summed E-state index contributed by atoms with van der Waals surface area (Å²) in [6.45, 7) is 4.47. The molecule has 0 atom stereocenters. The maximum atomic E-state index is 4.16. The van der Waals surface area contributed by atoms with Crippen molar-refractivity contribution in [2.45, 2.75) is 31.2 Å². The molecular weight excluding hydrogens is 206 g/mol. The molecule has 0 saturated heterocycles. The summed E-state index contributed by atoms with van der Waals surface area (Å²) in [5.41, 5.74) is 0. The Morgan fingerprint density at radius 1 is 1.33 bits per heavy atom. The number of hydrogen-bond donors (Lipinski definition) is 1. The Balaban J connectivity index is 1.93. The van der Waals surface area contributed by atoms with E-state index in [1.807, 2.05) is 6.07 Å². The predicted octanol–water partition coefficient (Wildman–Crippen LogP) is 2.35. The van der Waals surface area contributed by atoms with Gasteiger partial charge in [0.1, 0.15) is 6.33 Å². The molecule has 1 aromatic heterocycles. The van der Waals surface area contributed by atoms with Crippen LogP contribution in [0.2, 0.25) is 0 Å². The molecule has 0 saturated carbocycles. The molecule has 0 amide bonds. The molecule has 0 bridgehead atoms. The fourth-order valence-corrected chi connectivity index (χ4v) is 2.03. The van der Waals surface area contributed by atoms with Gasteiger partial charge in [0.2, 0.25) is 0 Å². The first-order valence-corrected chi connectivity index (χ1v) is 6.51. The molecule has 15 heavy (non-hydrogen) atoms. The molecule has 0 unspecified atom stereocenters. The van der Waals surface area contributed by atoms with Crippen LogP contribution >= 0.6 is 11.8 Å². The average Bonchev–Trinajstić information content (AvgIpc) is 2.29. The van der Waals surface area contributed by atoms with Crippen LogP contribution in [0.15, 0.2) is 23.6 Å². The first-order valence-electron chi connectivity index (χ1n) is 5.53. The monoisotopic (exact) mass is 225 g/mol. The van der Waals surface area contributed by atoms with E-state index in [1.54, 1.807) is 24.3 Å². The van der Waals surface area contributed by atoms with E-state index in [9.17, 15) is 0 Å². The minimum absolute atomic E-state index is 1.08. The van der Waals surface area contributed by atoms with Crippen LogP contribution in [0.4, 0.5) is 0 Å². The van der Waals surface area contributed by atoms with Gasteiger partial charge in [0.05, 0.1) is 5.03 Å². The van der Waals surface area contributed by atoms with E-state index in [1.165, 1.54) is 19.3 Å². The van der Waals surface area contributed by atoms with Crippen LogP contribution in [0.25, 0.3) is 0 Å². The van der Waals surface area contributed by atoms with Gasteiger partial charge in [0, 0.05) is 6.20 Å². The maximum Gasteiger partial charge on any atom is 0.116 e. The third-order valence-corrected chi connectivity index (χ3v) is 3.01. The van der Waals surface area contributed by atoms with Gasteiger partial charge in [0.25, 0.3) is 0 Å². The lowest BCUT2D eigenvalue weighted by atomic mass is 10.3. The summed E-state index contributed by atoms with van der Waals surface area (Å²) in [6.07, 6.45) is 7.10. The van der Waals surface area contributed by atoms with Crippen molar-refractivity contribution in [3.05, 3.63) is 18.6 Å². The van der Waals surface area contributed by atoms with Crippen molar-refractivity contribution in [3.63, 3.8) is 0 Å². The molecule has 1 aromatic rings. The lowest BCUT2D eigenvalue weighted by molar-refractivity contribution is 0.635. The second-order valence-corrected chi connectivity index (χ2v) is 4.47. The Kier molecular flexibility index (Phi) is 7.21. The van der Waals surface area contributed by atoms with Crippen molar-refractivity contribution in [1.29, 1.82) is 0 Å². The highest BCUT2D eigenvalue weighted by Gasteiger charge is 1.94. The summed E-state index contributed by atoms with van der Waals surface area (Å²) in [6, 6.07) is 1.96. The molecule has 1 rings (SSSR count). The highest BCUT2D eigenvalue weighted by atomic mass is 32.2. The van der Waals surface area contributed by atoms with Gasteiger partial charge in [0.15, 0.2) is 0 Å². The molecular formula is C11H19N3S. The SMILES string of the molecule is CCCNCCCCSc1ccncn1. The van der Waals surface area contributed by atoms with Gasteiger partial charge in [-0.3, -0.25) is 0 Å². The molecule has 1 heterocycles. The first kappa shape index (κ1) is 12.5.